The minimum Gasteiger partial charge on any atom is -0.368 e. The quantitative estimate of drug-likeness (QED) is 0.771. The molecule has 2 saturated carbocycles. The molecular formula is C21H29ClF3N3O. The van der Waals surface area contributed by atoms with E-state index in [2.05, 4.69) is 4.90 Å². The molecule has 1 aromatic carbocycles. The van der Waals surface area contributed by atoms with Crippen molar-refractivity contribution in [3.8, 4) is 0 Å². The maximum absolute atomic E-state index is 13.0. The summed E-state index contributed by atoms with van der Waals surface area (Å²) in [5.41, 5.74) is 6.49. The summed E-state index contributed by atoms with van der Waals surface area (Å²) in [5.74, 6) is 1.30. The van der Waals surface area contributed by atoms with E-state index in [1.165, 1.54) is 18.6 Å². The van der Waals surface area contributed by atoms with Crippen LogP contribution < -0.4 is 10.6 Å². The van der Waals surface area contributed by atoms with Crippen molar-refractivity contribution in [2.45, 2.75) is 44.3 Å². The van der Waals surface area contributed by atoms with E-state index in [0.29, 0.717) is 38.0 Å². The Morgan fingerprint density at radius 1 is 0.966 bits per heavy atom. The fourth-order valence-corrected chi connectivity index (χ4v) is 5.30. The fraction of sp³-hybridized carbons (Fsp3) is 0.667. The molecule has 1 amide bonds. The molecule has 1 aromatic rings. The highest BCUT2D eigenvalue weighted by Gasteiger charge is 2.42. The summed E-state index contributed by atoms with van der Waals surface area (Å²) < 4.78 is 38.2. The number of nitrogens with zero attached hydrogens (tertiary/aromatic N) is 2. The van der Waals surface area contributed by atoms with Crippen LogP contribution in [0.25, 0.3) is 0 Å². The van der Waals surface area contributed by atoms with Crippen LogP contribution in [-0.2, 0) is 11.0 Å². The minimum absolute atomic E-state index is 0. The van der Waals surface area contributed by atoms with Gasteiger partial charge in [-0.25, -0.2) is 0 Å². The third kappa shape index (κ3) is 4.66. The van der Waals surface area contributed by atoms with Crippen LogP contribution in [0.2, 0.25) is 0 Å². The van der Waals surface area contributed by atoms with Crippen molar-refractivity contribution in [3.05, 3.63) is 29.8 Å². The zero-order valence-corrected chi connectivity index (χ0v) is 17.2. The van der Waals surface area contributed by atoms with Gasteiger partial charge in [0.15, 0.2) is 0 Å². The molecule has 3 aliphatic rings. The molecule has 2 unspecified atom stereocenters. The van der Waals surface area contributed by atoms with Crippen molar-refractivity contribution in [3.63, 3.8) is 0 Å². The number of piperazine rings is 1. The summed E-state index contributed by atoms with van der Waals surface area (Å²) in [7, 11) is 0. The highest BCUT2D eigenvalue weighted by Crippen LogP contribution is 2.42. The molecule has 8 heteroatoms. The zero-order valence-electron chi connectivity index (χ0n) is 16.4. The minimum atomic E-state index is -4.32. The Labute approximate surface area is 176 Å². The standard InChI is InChI=1S/C21H28F3N3O.ClH/c22-21(23,24)17-4-6-18(7-5-17)26-8-10-27(11-9-26)20(28)16-12-14-2-1-3-15(13-16)19(14)25;/h4-7,14-16,19H,1-3,8-13,25H2;1H. The fourth-order valence-electron chi connectivity index (χ4n) is 5.30. The highest BCUT2D eigenvalue weighted by atomic mass is 35.5. The lowest BCUT2D eigenvalue weighted by Crippen LogP contribution is -2.53. The zero-order chi connectivity index (χ0) is 19.9. The van der Waals surface area contributed by atoms with Gasteiger partial charge < -0.3 is 15.5 Å². The molecule has 2 aliphatic carbocycles. The molecule has 2 bridgehead atoms. The van der Waals surface area contributed by atoms with E-state index in [1.807, 2.05) is 4.90 Å². The van der Waals surface area contributed by atoms with Gasteiger partial charge in [0.25, 0.3) is 0 Å². The SMILES string of the molecule is Cl.NC1C2CCCC1CC(C(=O)N1CCN(c3ccc(C(F)(F)F)cc3)CC1)C2. The van der Waals surface area contributed by atoms with Crippen LogP contribution in [-0.4, -0.2) is 43.0 Å². The van der Waals surface area contributed by atoms with E-state index in [0.717, 1.165) is 43.5 Å². The summed E-state index contributed by atoms with van der Waals surface area (Å²) in [6, 6.07) is 5.54. The first-order valence-corrected chi connectivity index (χ1v) is 10.3. The molecule has 1 saturated heterocycles. The van der Waals surface area contributed by atoms with E-state index in [-0.39, 0.29) is 30.3 Å². The van der Waals surface area contributed by atoms with E-state index in [1.54, 1.807) is 0 Å². The van der Waals surface area contributed by atoms with Crippen molar-refractivity contribution in [2.24, 2.45) is 23.5 Å². The summed E-state index contributed by atoms with van der Waals surface area (Å²) in [4.78, 5) is 17.0. The molecule has 0 aromatic heterocycles. The normalized spacial score (nSPS) is 29.9. The molecule has 2 N–H and O–H groups in total. The van der Waals surface area contributed by atoms with Crippen LogP contribution in [0.3, 0.4) is 0 Å². The van der Waals surface area contributed by atoms with Gasteiger partial charge in [-0.15, -0.1) is 12.4 Å². The van der Waals surface area contributed by atoms with E-state index >= 15 is 0 Å². The first-order valence-electron chi connectivity index (χ1n) is 10.3. The smallest absolute Gasteiger partial charge is 0.368 e. The van der Waals surface area contributed by atoms with Gasteiger partial charge in [-0.1, -0.05) is 6.42 Å². The molecule has 4 nitrogen and oxygen atoms in total. The Kier molecular flexibility index (Phi) is 6.68. The summed E-state index contributed by atoms with van der Waals surface area (Å²) in [6.07, 6.45) is 1.03. The number of alkyl halides is 3. The molecule has 1 aliphatic heterocycles. The maximum atomic E-state index is 13.0. The van der Waals surface area contributed by atoms with Gasteiger partial charge in [-0.2, -0.15) is 13.2 Å². The molecular weight excluding hydrogens is 403 g/mol. The van der Waals surface area contributed by atoms with Gasteiger partial charge in [-0.3, -0.25) is 4.79 Å². The number of anilines is 1. The number of halogens is 4. The third-order valence-electron chi connectivity index (χ3n) is 6.91. The van der Waals surface area contributed by atoms with E-state index in [4.69, 9.17) is 5.73 Å². The number of amides is 1. The molecule has 0 spiro atoms. The van der Waals surface area contributed by atoms with Gasteiger partial charge >= 0.3 is 6.18 Å². The second-order valence-electron chi connectivity index (χ2n) is 8.55. The molecule has 1 heterocycles. The molecule has 2 atom stereocenters. The van der Waals surface area contributed by atoms with Gasteiger partial charge in [0.2, 0.25) is 5.91 Å². The Balaban J connectivity index is 0.00000240. The number of nitrogens with two attached hydrogens (primary N) is 1. The number of rotatable bonds is 2. The summed E-state index contributed by atoms with van der Waals surface area (Å²) >= 11 is 0. The summed E-state index contributed by atoms with van der Waals surface area (Å²) in [5, 5.41) is 0. The second kappa shape index (κ2) is 8.72. The van der Waals surface area contributed by atoms with Gasteiger partial charge in [-0.05, 0) is 61.8 Å². The van der Waals surface area contributed by atoms with Crippen LogP contribution in [0.15, 0.2) is 24.3 Å². The van der Waals surface area contributed by atoms with Crippen LogP contribution in [0.1, 0.15) is 37.7 Å². The van der Waals surface area contributed by atoms with E-state index < -0.39 is 11.7 Å². The second-order valence-corrected chi connectivity index (χ2v) is 8.55. The molecule has 0 radical (unpaired) electrons. The monoisotopic (exact) mass is 431 g/mol. The summed E-state index contributed by atoms with van der Waals surface area (Å²) in [6.45, 7) is 2.54. The van der Waals surface area contributed by atoms with Crippen LogP contribution >= 0.6 is 12.4 Å². The van der Waals surface area contributed by atoms with Crippen LogP contribution in [0.4, 0.5) is 18.9 Å². The Morgan fingerprint density at radius 2 is 1.52 bits per heavy atom. The molecule has 162 valence electrons. The van der Waals surface area contributed by atoms with Crippen molar-refractivity contribution < 1.29 is 18.0 Å². The predicted molar refractivity (Wildman–Crippen MR) is 109 cm³/mol. The number of carbonyl (C=O) groups is 1. The van der Waals surface area contributed by atoms with Crippen molar-refractivity contribution in [2.75, 3.05) is 31.1 Å². The average Bonchev–Trinajstić information content (AvgIpc) is 2.67. The van der Waals surface area contributed by atoms with Gasteiger partial charge in [0.05, 0.1) is 5.56 Å². The molecule has 3 fully saturated rings. The third-order valence-corrected chi connectivity index (χ3v) is 6.91. The first-order chi connectivity index (χ1) is 13.3. The Bertz CT molecular complexity index is 690. The van der Waals surface area contributed by atoms with E-state index in [9.17, 15) is 18.0 Å². The average molecular weight is 432 g/mol. The van der Waals surface area contributed by atoms with Crippen molar-refractivity contribution in [1.82, 2.24) is 4.90 Å². The maximum Gasteiger partial charge on any atom is 0.416 e. The largest absolute Gasteiger partial charge is 0.416 e. The predicted octanol–water partition coefficient (Wildman–Crippen LogP) is 3.93. The van der Waals surface area contributed by atoms with Gasteiger partial charge in [0.1, 0.15) is 0 Å². The van der Waals surface area contributed by atoms with Crippen LogP contribution in [0, 0.1) is 17.8 Å². The highest BCUT2D eigenvalue weighted by molar-refractivity contribution is 5.85. The first kappa shape index (κ1) is 22.2. The van der Waals surface area contributed by atoms with Crippen molar-refractivity contribution >= 4 is 24.0 Å². The Morgan fingerprint density at radius 3 is 2.03 bits per heavy atom. The number of hydrogen-bond donors (Lipinski definition) is 1. The van der Waals surface area contributed by atoms with Crippen molar-refractivity contribution in [1.29, 1.82) is 0 Å². The number of benzene rings is 1. The lowest BCUT2D eigenvalue weighted by molar-refractivity contribution is -0.139. The lowest BCUT2D eigenvalue weighted by Gasteiger charge is -2.45. The lowest BCUT2D eigenvalue weighted by atomic mass is 9.65. The number of carbonyl (C=O) groups excluding carboxylic acids is 1. The van der Waals surface area contributed by atoms with Crippen LogP contribution in [0.5, 0.6) is 0 Å². The van der Waals surface area contributed by atoms with Gasteiger partial charge in [0, 0.05) is 43.8 Å². The molecule has 4 rings (SSSR count). The Hall–Kier alpha value is -1.47. The molecule has 29 heavy (non-hydrogen) atoms. The topological polar surface area (TPSA) is 49.6 Å². The number of fused-ring (bicyclic) bond motifs is 2. The number of hydrogen-bond acceptors (Lipinski definition) is 3.